The lowest BCUT2D eigenvalue weighted by Gasteiger charge is -2.46. The Bertz CT molecular complexity index is 577. The summed E-state index contributed by atoms with van der Waals surface area (Å²) in [5, 5.41) is 10.4. The van der Waals surface area contributed by atoms with E-state index in [1.807, 2.05) is 0 Å². The highest BCUT2D eigenvalue weighted by Crippen LogP contribution is 2.36. The number of nitrogens with zero attached hydrogens (tertiary/aromatic N) is 1. The maximum absolute atomic E-state index is 12.7. The predicted molar refractivity (Wildman–Crippen MR) is 99.3 cm³/mol. The predicted octanol–water partition coefficient (Wildman–Crippen LogP) is 2.96. The van der Waals surface area contributed by atoms with Crippen LogP contribution in [0.1, 0.15) is 57.8 Å². The van der Waals surface area contributed by atoms with Crippen LogP contribution in [0, 0.1) is 11.8 Å². The van der Waals surface area contributed by atoms with Crippen LogP contribution in [-0.4, -0.2) is 65.9 Å². The number of carboxylic acids is 1. The molecule has 29 heavy (non-hydrogen) atoms. The van der Waals surface area contributed by atoms with Gasteiger partial charge in [0, 0.05) is 43.6 Å². The molecule has 2 aliphatic heterocycles. The Hall–Kier alpha value is -1.35. The first-order valence-corrected chi connectivity index (χ1v) is 10.7. The first-order valence-electron chi connectivity index (χ1n) is 10.7. The highest BCUT2D eigenvalue weighted by atomic mass is 19.4. The minimum Gasteiger partial charge on any atom is -0.475 e. The van der Waals surface area contributed by atoms with E-state index in [-0.39, 0.29) is 5.92 Å². The summed E-state index contributed by atoms with van der Waals surface area (Å²) >= 11 is 0. The smallest absolute Gasteiger partial charge is 0.475 e. The first-order chi connectivity index (χ1) is 13.8. The molecule has 2 heterocycles. The summed E-state index contributed by atoms with van der Waals surface area (Å²) in [6, 6.07) is 1.24. The van der Waals surface area contributed by atoms with Crippen molar-refractivity contribution in [2.24, 2.45) is 11.8 Å². The summed E-state index contributed by atoms with van der Waals surface area (Å²) in [6.45, 7) is 3.02. The van der Waals surface area contributed by atoms with Gasteiger partial charge < -0.3 is 15.2 Å². The number of aliphatic carboxylic acids is 1. The van der Waals surface area contributed by atoms with Gasteiger partial charge in [-0.3, -0.25) is 9.69 Å². The highest BCUT2D eigenvalue weighted by Gasteiger charge is 2.43. The molecule has 4 fully saturated rings. The number of carbonyl (C=O) groups is 2. The third-order valence-corrected chi connectivity index (χ3v) is 6.77. The van der Waals surface area contributed by atoms with Gasteiger partial charge in [-0.05, 0) is 44.9 Å². The number of ether oxygens (including phenoxy) is 1. The third kappa shape index (κ3) is 5.84. The Balaban J connectivity index is 0.000000298. The van der Waals surface area contributed by atoms with Gasteiger partial charge in [0.25, 0.3) is 0 Å². The number of hydrogen-bond donors (Lipinski definition) is 2. The minimum atomic E-state index is -5.08. The van der Waals surface area contributed by atoms with Gasteiger partial charge >= 0.3 is 12.1 Å². The maximum atomic E-state index is 12.7. The van der Waals surface area contributed by atoms with Crippen LogP contribution in [0.2, 0.25) is 0 Å². The summed E-state index contributed by atoms with van der Waals surface area (Å²) in [5.41, 5.74) is 0. The monoisotopic (exact) mass is 420 g/mol. The van der Waals surface area contributed by atoms with Crippen molar-refractivity contribution in [1.29, 1.82) is 0 Å². The number of hydrogen-bond acceptors (Lipinski definition) is 4. The normalized spacial score (nSPS) is 31.2. The Labute approximate surface area is 169 Å². The SMILES string of the molecule is O=C(NC1CCC1)[C@@H]1CCO[C@@H]2CCN(C3CCCC3)C[C@H]21.O=C(O)C(F)(F)F. The fourth-order valence-electron chi connectivity index (χ4n) is 4.93. The molecule has 166 valence electrons. The van der Waals surface area contributed by atoms with Gasteiger partial charge in [0.05, 0.1) is 6.10 Å². The van der Waals surface area contributed by atoms with Gasteiger partial charge in [0.15, 0.2) is 0 Å². The fraction of sp³-hybridized carbons (Fsp3) is 0.900. The number of carbonyl (C=O) groups excluding carboxylic acids is 1. The lowest BCUT2D eigenvalue weighted by Crippen LogP contribution is -2.56. The number of carboxylic acid groups (broad SMARTS) is 1. The second-order valence-corrected chi connectivity index (χ2v) is 8.63. The van der Waals surface area contributed by atoms with Crippen molar-refractivity contribution in [2.75, 3.05) is 19.7 Å². The molecule has 2 N–H and O–H groups in total. The van der Waals surface area contributed by atoms with Crippen LogP contribution < -0.4 is 5.32 Å². The first kappa shape index (κ1) is 22.3. The molecule has 2 aliphatic carbocycles. The zero-order valence-electron chi connectivity index (χ0n) is 16.6. The van der Waals surface area contributed by atoms with Crippen LogP contribution in [0.5, 0.6) is 0 Å². The molecule has 0 bridgehead atoms. The second-order valence-electron chi connectivity index (χ2n) is 8.63. The van der Waals surface area contributed by atoms with Crippen molar-refractivity contribution >= 4 is 11.9 Å². The van der Waals surface area contributed by atoms with E-state index in [9.17, 15) is 18.0 Å². The van der Waals surface area contributed by atoms with Crippen LogP contribution in [0.4, 0.5) is 13.2 Å². The average molecular weight is 420 g/mol. The summed E-state index contributed by atoms with van der Waals surface area (Å²) < 4.78 is 37.7. The fourth-order valence-corrected chi connectivity index (χ4v) is 4.93. The van der Waals surface area contributed by atoms with Gasteiger partial charge in [-0.1, -0.05) is 12.8 Å². The highest BCUT2D eigenvalue weighted by molar-refractivity contribution is 5.79. The molecule has 0 aromatic rings. The van der Waals surface area contributed by atoms with Gasteiger partial charge in [-0.25, -0.2) is 4.79 Å². The zero-order chi connectivity index (χ0) is 21.0. The standard InChI is InChI=1S/C18H30N2O2.C2HF3O2/c21-18(19-13-4-3-5-13)15-9-11-22-17-8-10-20(12-16(15)17)14-6-1-2-7-14;3-2(4,5)1(6)7/h13-17H,1-12H2,(H,19,21);(H,6,7)/t15-,16+,17-;/m1./s1. The lowest BCUT2D eigenvalue weighted by molar-refractivity contribution is -0.192. The molecule has 0 radical (unpaired) electrons. The summed E-state index contributed by atoms with van der Waals surface area (Å²) in [7, 11) is 0. The van der Waals surface area contributed by atoms with E-state index >= 15 is 0 Å². The quantitative estimate of drug-likeness (QED) is 0.734. The van der Waals surface area contributed by atoms with E-state index in [0.717, 1.165) is 32.0 Å². The van der Waals surface area contributed by atoms with Gasteiger partial charge in [0.2, 0.25) is 5.91 Å². The molecule has 0 aromatic carbocycles. The number of piperidine rings is 1. The lowest BCUT2D eigenvalue weighted by atomic mass is 9.78. The second kappa shape index (κ2) is 9.64. The van der Waals surface area contributed by atoms with Crippen molar-refractivity contribution in [3.8, 4) is 0 Å². The Morgan fingerprint density at radius 3 is 2.21 bits per heavy atom. The molecule has 4 aliphatic rings. The summed E-state index contributed by atoms with van der Waals surface area (Å²) in [6.07, 6.45) is 6.40. The van der Waals surface area contributed by atoms with Gasteiger partial charge in [-0.15, -0.1) is 0 Å². The van der Waals surface area contributed by atoms with E-state index in [2.05, 4.69) is 10.2 Å². The van der Waals surface area contributed by atoms with E-state index in [1.165, 1.54) is 51.5 Å². The molecule has 2 saturated carbocycles. The molecule has 2 saturated heterocycles. The van der Waals surface area contributed by atoms with Crippen molar-refractivity contribution in [2.45, 2.75) is 82.2 Å². The number of rotatable bonds is 3. The van der Waals surface area contributed by atoms with Crippen LogP contribution in [0.3, 0.4) is 0 Å². The average Bonchev–Trinajstić information content (AvgIpc) is 3.18. The molecular weight excluding hydrogens is 389 g/mol. The van der Waals surface area contributed by atoms with E-state index in [1.54, 1.807) is 0 Å². The maximum Gasteiger partial charge on any atom is 0.490 e. The number of likely N-dealkylation sites (tertiary alicyclic amines) is 1. The van der Waals surface area contributed by atoms with Crippen molar-refractivity contribution in [1.82, 2.24) is 10.2 Å². The third-order valence-electron chi connectivity index (χ3n) is 6.77. The topological polar surface area (TPSA) is 78.9 Å². The number of halogens is 3. The van der Waals surface area contributed by atoms with Crippen LogP contribution in [0.15, 0.2) is 0 Å². The Kier molecular flexibility index (Phi) is 7.42. The van der Waals surface area contributed by atoms with E-state index in [4.69, 9.17) is 14.6 Å². The van der Waals surface area contributed by atoms with Gasteiger partial charge in [-0.2, -0.15) is 13.2 Å². The van der Waals surface area contributed by atoms with Crippen molar-refractivity contribution in [3.63, 3.8) is 0 Å². The van der Waals surface area contributed by atoms with Crippen LogP contribution in [0.25, 0.3) is 0 Å². The number of alkyl halides is 3. The Morgan fingerprint density at radius 1 is 1.00 bits per heavy atom. The number of fused-ring (bicyclic) bond motifs is 1. The number of nitrogens with one attached hydrogen (secondary N) is 1. The molecule has 3 atom stereocenters. The summed E-state index contributed by atoms with van der Waals surface area (Å²) in [5.74, 6) is -1.84. The molecule has 0 unspecified atom stereocenters. The number of amides is 1. The molecule has 9 heteroatoms. The van der Waals surface area contributed by atoms with Gasteiger partial charge in [0.1, 0.15) is 0 Å². The van der Waals surface area contributed by atoms with E-state index in [0.29, 0.717) is 24.0 Å². The minimum absolute atomic E-state index is 0.184. The largest absolute Gasteiger partial charge is 0.490 e. The zero-order valence-corrected chi connectivity index (χ0v) is 16.6. The molecule has 4 rings (SSSR count). The molecule has 0 spiro atoms. The summed E-state index contributed by atoms with van der Waals surface area (Å²) in [4.78, 5) is 24.3. The molecular formula is C20H31F3N2O4. The molecule has 1 amide bonds. The Morgan fingerprint density at radius 2 is 1.66 bits per heavy atom. The van der Waals surface area contributed by atoms with Crippen LogP contribution >= 0.6 is 0 Å². The van der Waals surface area contributed by atoms with Crippen LogP contribution in [-0.2, 0) is 14.3 Å². The molecule has 0 aromatic heterocycles. The molecule has 6 nitrogen and oxygen atoms in total. The van der Waals surface area contributed by atoms with Crippen molar-refractivity contribution < 1.29 is 32.6 Å². The van der Waals surface area contributed by atoms with Crippen molar-refractivity contribution in [3.05, 3.63) is 0 Å². The van der Waals surface area contributed by atoms with E-state index < -0.39 is 12.1 Å².